The van der Waals surface area contributed by atoms with Gasteiger partial charge in [0.2, 0.25) is 0 Å². The Morgan fingerprint density at radius 3 is 2.56 bits per heavy atom. The van der Waals surface area contributed by atoms with Crippen LogP contribution in [-0.2, 0) is 0 Å². The van der Waals surface area contributed by atoms with Crippen LogP contribution in [0.5, 0.6) is 5.75 Å². The van der Waals surface area contributed by atoms with E-state index in [1.807, 2.05) is 0 Å². The maximum absolute atomic E-state index is 13.1. The number of carbonyl (C=O) groups excluding carboxylic acids is 1. The molecule has 172 valence electrons. The van der Waals surface area contributed by atoms with E-state index in [1.165, 1.54) is 29.1 Å². The molecule has 10 nitrogen and oxygen atoms in total. The SMILES string of the molecule is CCOc1ccc(C(=O)NC(=S)Nc2ccc3nn(-c4ccc(F)cc4)nc3c2)cc1[N+](=O)[O-]. The average molecular weight is 480 g/mol. The highest BCUT2D eigenvalue weighted by Crippen LogP contribution is 2.28. The summed E-state index contributed by atoms with van der Waals surface area (Å²) >= 11 is 5.20. The quantitative estimate of drug-likeness (QED) is 0.241. The third-order valence-corrected chi connectivity index (χ3v) is 4.84. The minimum atomic E-state index is -0.619. The second-order valence-electron chi connectivity index (χ2n) is 6.95. The molecule has 2 N–H and O–H groups in total. The van der Waals surface area contributed by atoms with Crippen LogP contribution in [0.25, 0.3) is 16.7 Å². The summed E-state index contributed by atoms with van der Waals surface area (Å²) in [7, 11) is 0. The molecule has 3 aromatic carbocycles. The smallest absolute Gasteiger partial charge is 0.311 e. The van der Waals surface area contributed by atoms with E-state index in [0.717, 1.165) is 6.07 Å². The summed E-state index contributed by atoms with van der Waals surface area (Å²) in [4.78, 5) is 24.6. The van der Waals surface area contributed by atoms with Crippen molar-refractivity contribution in [2.75, 3.05) is 11.9 Å². The number of rotatable bonds is 6. The molecule has 4 aromatic rings. The lowest BCUT2D eigenvalue weighted by Crippen LogP contribution is -2.34. The summed E-state index contributed by atoms with van der Waals surface area (Å²) < 4.78 is 18.4. The maximum Gasteiger partial charge on any atom is 0.311 e. The number of nitrogens with zero attached hydrogens (tertiary/aromatic N) is 4. The fraction of sp³-hybridized carbons (Fsp3) is 0.0909. The lowest BCUT2D eigenvalue weighted by molar-refractivity contribution is -0.385. The number of fused-ring (bicyclic) bond motifs is 1. The highest BCUT2D eigenvalue weighted by Gasteiger charge is 2.19. The molecule has 0 aliphatic rings. The Kier molecular flexibility index (Phi) is 6.41. The van der Waals surface area contributed by atoms with E-state index < -0.39 is 10.8 Å². The molecule has 4 rings (SSSR count). The van der Waals surface area contributed by atoms with Crippen LogP contribution < -0.4 is 15.4 Å². The number of ether oxygens (including phenoxy) is 1. The fourth-order valence-corrected chi connectivity index (χ4v) is 3.31. The number of halogens is 1. The van der Waals surface area contributed by atoms with Crippen LogP contribution in [0, 0.1) is 15.9 Å². The summed E-state index contributed by atoms with van der Waals surface area (Å²) in [5.74, 6) is -0.902. The second kappa shape index (κ2) is 9.58. The van der Waals surface area contributed by atoms with Crippen molar-refractivity contribution in [2.24, 2.45) is 0 Å². The summed E-state index contributed by atoms with van der Waals surface area (Å²) in [5, 5.41) is 25.4. The van der Waals surface area contributed by atoms with Crippen molar-refractivity contribution in [3.05, 3.63) is 82.2 Å². The van der Waals surface area contributed by atoms with E-state index in [1.54, 1.807) is 37.3 Å². The Morgan fingerprint density at radius 1 is 1.12 bits per heavy atom. The number of anilines is 1. The van der Waals surface area contributed by atoms with Gasteiger partial charge in [-0.05, 0) is 73.7 Å². The highest BCUT2D eigenvalue weighted by atomic mass is 32.1. The molecule has 1 aromatic heterocycles. The molecule has 34 heavy (non-hydrogen) atoms. The lowest BCUT2D eigenvalue weighted by Gasteiger charge is -2.10. The van der Waals surface area contributed by atoms with E-state index in [4.69, 9.17) is 17.0 Å². The van der Waals surface area contributed by atoms with Gasteiger partial charge in [0, 0.05) is 17.3 Å². The monoisotopic (exact) mass is 480 g/mol. The number of hydrogen-bond acceptors (Lipinski definition) is 7. The highest BCUT2D eigenvalue weighted by molar-refractivity contribution is 7.80. The summed E-state index contributed by atoms with van der Waals surface area (Å²) in [5.41, 5.74) is 2.03. The molecule has 0 aliphatic carbocycles. The number of nitro benzene ring substituents is 1. The van der Waals surface area contributed by atoms with Crippen molar-refractivity contribution in [3.8, 4) is 11.4 Å². The molecule has 0 saturated carbocycles. The van der Waals surface area contributed by atoms with Gasteiger partial charge in [-0.15, -0.1) is 10.2 Å². The van der Waals surface area contributed by atoms with Crippen LogP contribution in [0.3, 0.4) is 0 Å². The maximum atomic E-state index is 13.1. The minimum Gasteiger partial charge on any atom is -0.487 e. The van der Waals surface area contributed by atoms with Crippen molar-refractivity contribution in [1.29, 1.82) is 0 Å². The van der Waals surface area contributed by atoms with Crippen molar-refractivity contribution < 1.29 is 18.8 Å². The molecular weight excluding hydrogens is 463 g/mol. The Balaban J connectivity index is 1.46. The molecule has 0 bridgehead atoms. The van der Waals surface area contributed by atoms with Crippen molar-refractivity contribution in [1.82, 2.24) is 20.3 Å². The van der Waals surface area contributed by atoms with E-state index >= 15 is 0 Å². The summed E-state index contributed by atoms with van der Waals surface area (Å²) in [6.07, 6.45) is 0. The van der Waals surface area contributed by atoms with Crippen LogP contribution in [0.15, 0.2) is 60.7 Å². The number of nitrogens with one attached hydrogen (secondary N) is 2. The first-order valence-electron chi connectivity index (χ1n) is 10.0. The van der Waals surface area contributed by atoms with Crippen LogP contribution >= 0.6 is 12.2 Å². The lowest BCUT2D eigenvalue weighted by atomic mass is 10.1. The fourth-order valence-electron chi connectivity index (χ4n) is 3.10. The molecule has 0 spiro atoms. The van der Waals surface area contributed by atoms with E-state index in [9.17, 15) is 19.3 Å². The number of aromatic nitrogens is 3. The number of hydrogen-bond donors (Lipinski definition) is 2. The minimum absolute atomic E-state index is 0.00758. The summed E-state index contributed by atoms with van der Waals surface area (Å²) in [6, 6.07) is 14.8. The first kappa shape index (κ1) is 22.7. The van der Waals surface area contributed by atoms with Gasteiger partial charge in [0.15, 0.2) is 10.9 Å². The van der Waals surface area contributed by atoms with E-state index in [2.05, 4.69) is 20.8 Å². The zero-order chi connectivity index (χ0) is 24.2. The first-order valence-corrected chi connectivity index (χ1v) is 10.4. The molecule has 0 radical (unpaired) electrons. The normalized spacial score (nSPS) is 10.6. The second-order valence-corrected chi connectivity index (χ2v) is 7.36. The zero-order valence-corrected chi connectivity index (χ0v) is 18.5. The third kappa shape index (κ3) is 4.96. The molecule has 0 aliphatic heterocycles. The van der Waals surface area contributed by atoms with Gasteiger partial charge in [-0.25, -0.2) is 4.39 Å². The Labute approximate surface area is 197 Å². The molecular formula is C22H17FN6O4S. The number of thiocarbonyl (C=S) groups is 1. The molecule has 0 saturated heterocycles. The number of amides is 1. The van der Waals surface area contributed by atoms with Crippen LogP contribution in [0.1, 0.15) is 17.3 Å². The summed E-state index contributed by atoms with van der Waals surface area (Å²) in [6.45, 7) is 1.96. The topological polar surface area (TPSA) is 124 Å². The van der Waals surface area contributed by atoms with E-state index in [-0.39, 0.29) is 34.5 Å². The number of carbonyl (C=O) groups is 1. The van der Waals surface area contributed by atoms with E-state index in [0.29, 0.717) is 22.4 Å². The van der Waals surface area contributed by atoms with Crippen LogP contribution in [-0.4, -0.2) is 37.5 Å². The van der Waals surface area contributed by atoms with Crippen molar-refractivity contribution in [2.45, 2.75) is 6.92 Å². The Hall–Kier alpha value is -4.45. The molecule has 0 unspecified atom stereocenters. The van der Waals surface area contributed by atoms with Gasteiger partial charge in [-0.3, -0.25) is 20.2 Å². The average Bonchev–Trinajstić information content (AvgIpc) is 3.23. The molecule has 0 fully saturated rings. The molecule has 1 heterocycles. The zero-order valence-electron chi connectivity index (χ0n) is 17.7. The van der Waals surface area contributed by atoms with Crippen molar-refractivity contribution in [3.63, 3.8) is 0 Å². The predicted octanol–water partition coefficient (Wildman–Crippen LogP) is 3.99. The largest absolute Gasteiger partial charge is 0.487 e. The van der Waals surface area contributed by atoms with Crippen LogP contribution in [0.2, 0.25) is 0 Å². The van der Waals surface area contributed by atoms with Crippen molar-refractivity contribution >= 4 is 45.6 Å². The molecule has 12 heteroatoms. The van der Waals surface area contributed by atoms with Gasteiger partial charge in [0.05, 0.1) is 17.2 Å². The predicted molar refractivity (Wildman–Crippen MR) is 127 cm³/mol. The molecule has 0 atom stereocenters. The van der Waals surface area contributed by atoms with Gasteiger partial charge in [0.25, 0.3) is 5.91 Å². The van der Waals surface area contributed by atoms with Gasteiger partial charge >= 0.3 is 5.69 Å². The molecule has 1 amide bonds. The Bertz CT molecular complexity index is 1410. The van der Waals surface area contributed by atoms with Gasteiger partial charge in [-0.2, -0.15) is 4.80 Å². The number of nitro groups is 1. The Morgan fingerprint density at radius 2 is 1.85 bits per heavy atom. The number of benzene rings is 3. The first-order chi connectivity index (χ1) is 16.3. The van der Waals surface area contributed by atoms with Gasteiger partial charge < -0.3 is 10.1 Å². The van der Waals surface area contributed by atoms with Crippen LogP contribution in [0.4, 0.5) is 15.8 Å². The van der Waals surface area contributed by atoms with Gasteiger partial charge in [-0.1, -0.05) is 0 Å². The standard InChI is InChI=1S/C22H17FN6O4S/c1-2-33-20-10-3-13(11-19(20)29(31)32)21(30)25-22(34)24-15-6-9-17-18(12-15)27-28(26-17)16-7-4-14(23)5-8-16/h3-12H,2H2,1H3,(H2,24,25,30,34). The van der Waals surface area contributed by atoms with Gasteiger partial charge in [0.1, 0.15) is 16.9 Å². The third-order valence-electron chi connectivity index (χ3n) is 4.64.